The molecule has 0 aliphatic heterocycles. The molecule has 6 heteroatoms. The Bertz CT molecular complexity index is 58.9. The van der Waals surface area contributed by atoms with Crippen molar-refractivity contribution in [2.24, 2.45) is 0 Å². The van der Waals surface area contributed by atoms with Crippen molar-refractivity contribution in [1.29, 1.82) is 0 Å². The van der Waals surface area contributed by atoms with Crippen LogP contribution in [0.15, 0.2) is 0 Å². The molecule has 0 unspecified atom stereocenters. The average Bonchev–Trinajstić information content (AvgIpc) is 1.81. The van der Waals surface area contributed by atoms with Crippen molar-refractivity contribution in [3.05, 3.63) is 0 Å². The fourth-order valence-electron chi connectivity index (χ4n) is 0.0642. The first-order chi connectivity index (χ1) is 3.91. The summed E-state index contributed by atoms with van der Waals surface area (Å²) in [5.74, 6) is 0. The fraction of sp³-hybridized carbons (Fsp3) is 0. The summed E-state index contributed by atoms with van der Waals surface area (Å²) < 4.78 is 0. The molecule has 0 heterocycles. The molecule has 46 valence electrons. The van der Waals surface area contributed by atoms with Crippen LogP contribution in [-0.2, 0) is 29.4 Å². The maximum absolute atomic E-state index is 9.20. The van der Waals surface area contributed by atoms with Gasteiger partial charge in [-0.25, -0.2) is 0 Å². The van der Waals surface area contributed by atoms with Crippen LogP contribution < -0.4 is 0 Å². The van der Waals surface area contributed by atoms with E-state index in [1.807, 2.05) is 0 Å². The van der Waals surface area contributed by atoms with E-state index in [2.05, 4.69) is 19.9 Å². The highest BCUT2D eigenvalue weighted by molar-refractivity contribution is 5.36. The molecule has 0 saturated heterocycles. The van der Waals surface area contributed by atoms with E-state index < -0.39 is 0 Å². The predicted molar refractivity (Wildman–Crippen MR) is 16.5 cm³/mol. The van der Waals surface area contributed by atoms with Gasteiger partial charge in [-0.3, -0.25) is 19.4 Å². The number of carbonyl (C=O) groups excluding carboxylic acids is 2. The molecule has 0 aromatic rings. The minimum atomic E-state index is -0.0475. The van der Waals surface area contributed by atoms with Crippen LogP contribution in [0.5, 0.6) is 0 Å². The van der Waals surface area contributed by atoms with Crippen molar-refractivity contribution in [2.75, 3.05) is 0 Å². The summed E-state index contributed by atoms with van der Waals surface area (Å²) in [5.41, 5.74) is 0. The molecule has 0 atom stereocenters. The molecule has 0 aromatic carbocycles. The fourth-order valence-corrected chi connectivity index (χ4v) is 0.0642. The third-order valence-corrected chi connectivity index (χ3v) is 0.185. The summed E-state index contributed by atoms with van der Waals surface area (Å²) in [6, 6.07) is 0. The Morgan fingerprint density at radius 1 is 0.875 bits per heavy atom. The lowest BCUT2D eigenvalue weighted by Crippen LogP contribution is -1.94. The molecule has 0 aromatic heterocycles. The van der Waals surface area contributed by atoms with Crippen LogP contribution in [0.2, 0.25) is 0 Å². The van der Waals surface area contributed by atoms with E-state index in [1.165, 1.54) is 0 Å². The van der Waals surface area contributed by atoms with E-state index in [0.29, 0.717) is 0 Å². The molecule has 0 saturated carbocycles. The lowest BCUT2D eigenvalue weighted by Gasteiger charge is -1.88. The monoisotopic (exact) mass is 122 g/mol. The Morgan fingerprint density at radius 3 is 1.50 bits per heavy atom. The SMILES string of the molecule is O=COOOOC=O. The van der Waals surface area contributed by atoms with Gasteiger partial charge in [0.25, 0.3) is 0 Å². The highest BCUT2D eigenvalue weighted by Gasteiger charge is 1.82. The Hall–Kier alpha value is -1.14. The molecule has 0 aliphatic rings. The third-order valence-electron chi connectivity index (χ3n) is 0.185. The lowest BCUT2D eigenvalue weighted by molar-refractivity contribution is -0.594. The van der Waals surface area contributed by atoms with E-state index in [1.54, 1.807) is 0 Å². The zero-order valence-electron chi connectivity index (χ0n) is 3.60. The molecule has 8 heavy (non-hydrogen) atoms. The van der Waals surface area contributed by atoms with Crippen LogP contribution in [0.25, 0.3) is 0 Å². The molecular weight excluding hydrogens is 120 g/mol. The van der Waals surface area contributed by atoms with Crippen molar-refractivity contribution in [1.82, 2.24) is 0 Å². The summed E-state index contributed by atoms with van der Waals surface area (Å²) in [6.45, 7) is -0.0949. The smallest absolute Gasteiger partial charge is 0.269 e. The van der Waals surface area contributed by atoms with Crippen LogP contribution in [0.3, 0.4) is 0 Å². The molecule has 0 rings (SSSR count). The Balaban J connectivity index is 2.71. The topological polar surface area (TPSA) is 71.1 Å². The zero-order chi connectivity index (χ0) is 6.24. The number of hydrogen-bond donors (Lipinski definition) is 0. The van der Waals surface area contributed by atoms with Crippen molar-refractivity contribution >= 4 is 12.9 Å². The first kappa shape index (κ1) is 6.86. The standard InChI is InChI=1S/C2H2O6/c3-1-5-7-8-6-2-4/h1-2H. The summed E-state index contributed by atoms with van der Waals surface area (Å²) in [5, 5.41) is 6.80. The first-order valence-corrected chi connectivity index (χ1v) is 1.44. The average molecular weight is 122 g/mol. The predicted octanol–water partition coefficient (Wildman–Crippen LogP) is -0.889. The van der Waals surface area contributed by atoms with Gasteiger partial charge < -0.3 is 0 Å². The second kappa shape index (κ2) is 5.86. The van der Waals surface area contributed by atoms with E-state index in [4.69, 9.17) is 0 Å². The number of hydrogen-bond acceptors (Lipinski definition) is 6. The van der Waals surface area contributed by atoms with Crippen LogP contribution in [-0.4, -0.2) is 12.9 Å². The van der Waals surface area contributed by atoms with Gasteiger partial charge in [0.15, 0.2) is 0 Å². The normalized spacial score (nSPS) is 7.50. The van der Waals surface area contributed by atoms with Crippen molar-refractivity contribution in [3.63, 3.8) is 0 Å². The van der Waals surface area contributed by atoms with Crippen LogP contribution in [0, 0.1) is 0 Å². The van der Waals surface area contributed by atoms with Crippen molar-refractivity contribution in [2.45, 2.75) is 0 Å². The van der Waals surface area contributed by atoms with Crippen molar-refractivity contribution < 1.29 is 29.4 Å². The molecule has 6 nitrogen and oxygen atoms in total. The van der Waals surface area contributed by atoms with Crippen LogP contribution in [0.4, 0.5) is 0 Å². The molecule has 0 N–H and O–H groups in total. The van der Waals surface area contributed by atoms with E-state index in [0.717, 1.165) is 0 Å². The van der Waals surface area contributed by atoms with Gasteiger partial charge in [-0.1, -0.05) is 0 Å². The van der Waals surface area contributed by atoms with Crippen LogP contribution >= 0.6 is 0 Å². The van der Waals surface area contributed by atoms with Gasteiger partial charge in [-0.15, -0.1) is 0 Å². The molecule has 0 spiro atoms. The molecule has 0 amide bonds. The lowest BCUT2D eigenvalue weighted by atomic mass is 11.6. The third kappa shape index (κ3) is 4.86. The Kier molecular flexibility index (Phi) is 5.02. The largest absolute Gasteiger partial charge is 0.334 e. The first-order valence-electron chi connectivity index (χ1n) is 1.44. The van der Waals surface area contributed by atoms with E-state index in [9.17, 15) is 9.59 Å². The zero-order valence-corrected chi connectivity index (χ0v) is 3.60. The van der Waals surface area contributed by atoms with Gasteiger partial charge in [-0.05, 0) is 0 Å². The maximum Gasteiger partial charge on any atom is 0.334 e. The quantitative estimate of drug-likeness (QED) is 0.204. The maximum atomic E-state index is 9.20. The van der Waals surface area contributed by atoms with Gasteiger partial charge in [0.05, 0.1) is 0 Å². The molecule has 0 radical (unpaired) electrons. The molecule has 0 fully saturated rings. The van der Waals surface area contributed by atoms with Gasteiger partial charge >= 0.3 is 12.9 Å². The Labute approximate surface area is 43.7 Å². The molecule has 0 aliphatic carbocycles. The minimum Gasteiger partial charge on any atom is -0.269 e. The second-order valence-corrected chi connectivity index (χ2v) is 0.521. The highest BCUT2D eigenvalue weighted by atomic mass is 17.7. The van der Waals surface area contributed by atoms with Gasteiger partial charge in [0.2, 0.25) is 0 Å². The number of carbonyl (C=O) groups is 2. The van der Waals surface area contributed by atoms with E-state index >= 15 is 0 Å². The summed E-state index contributed by atoms with van der Waals surface area (Å²) in [7, 11) is 0. The molecular formula is C2H2O6. The van der Waals surface area contributed by atoms with E-state index in [-0.39, 0.29) is 12.9 Å². The van der Waals surface area contributed by atoms with Crippen LogP contribution in [0.1, 0.15) is 0 Å². The highest BCUT2D eigenvalue weighted by Crippen LogP contribution is 1.74. The summed E-state index contributed by atoms with van der Waals surface area (Å²) >= 11 is 0. The second-order valence-electron chi connectivity index (χ2n) is 0.521. The van der Waals surface area contributed by atoms with Gasteiger partial charge in [0.1, 0.15) is 0 Å². The Morgan fingerprint density at radius 2 is 1.25 bits per heavy atom. The minimum absolute atomic E-state index is 0.0475. The summed E-state index contributed by atoms with van der Waals surface area (Å²) in [4.78, 5) is 25.3. The van der Waals surface area contributed by atoms with Gasteiger partial charge in [-0.2, -0.15) is 0 Å². The van der Waals surface area contributed by atoms with Crippen molar-refractivity contribution in [3.8, 4) is 0 Å². The van der Waals surface area contributed by atoms with Gasteiger partial charge in [0, 0.05) is 10.1 Å². The molecule has 0 bridgehead atoms. The number of rotatable bonds is 5. The summed E-state index contributed by atoms with van der Waals surface area (Å²) in [6.07, 6.45) is 0.